The maximum absolute atomic E-state index is 13.9. The Bertz CT molecular complexity index is 2530. The molecule has 65 heavy (non-hydrogen) atoms. The van der Waals surface area contributed by atoms with E-state index in [1.807, 2.05) is 18.2 Å². The third kappa shape index (κ3) is 10.8. The molecule has 0 radical (unpaired) electrons. The molecule has 7 rings (SSSR count). The number of imide groups is 1. The number of benzene rings is 2. The summed E-state index contributed by atoms with van der Waals surface area (Å²) in [5.41, 5.74) is 14.6. The van der Waals surface area contributed by atoms with Crippen molar-refractivity contribution in [3.63, 3.8) is 0 Å². The number of amides is 7. The lowest BCUT2D eigenvalue weighted by molar-refractivity contribution is -0.145. The van der Waals surface area contributed by atoms with Crippen LogP contribution in [0.5, 0.6) is 0 Å². The van der Waals surface area contributed by atoms with Crippen LogP contribution in [0.15, 0.2) is 52.2 Å². The number of imidazole rings is 1. The minimum Gasteiger partial charge on any atom is -0.370 e. The molecule has 0 spiro atoms. The predicted octanol–water partition coefficient (Wildman–Crippen LogP) is 0.446. The van der Waals surface area contributed by atoms with Crippen molar-refractivity contribution in [2.24, 2.45) is 30.4 Å². The molecule has 3 aromatic rings. The zero-order valence-electron chi connectivity index (χ0n) is 36.8. The van der Waals surface area contributed by atoms with Gasteiger partial charge in [0, 0.05) is 58.2 Å². The fourth-order valence-corrected chi connectivity index (χ4v) is 10.6. The summed E-state index contributed by atoms with van der Waals surface area (Å²) < 4.78 is 26.7. The number of sulfone groups is 1. The maximum atomic E-state index is 13.9. The van der Waals surface area contributed by atoms with Gasteiger partial charge in [0.2, 0.25) is 41.4 Å². The number of carbonyl (C=O) groups is 7. The summed E-state index contributed by atoms with van der Waals surface area (Å²) in [7, 11) is -1.72. The lowest BCUT2D eigenvalue weighted by Gasteiger charge is -2.38. The van der Waals surface area contributed by atoms with E-state index in [1.54, 1.807) is 28.6 Å². The Morgan fingerprint density at radius 3 is 2.25 bits per heavy atom. The zero-order valence-corrected chi connectivity index (χ0v) is 37.6. The molecule has 1 aromatic heterocycles. The first-order chi connectivity index (χ1) is 30.9. The third-order valence-corrected chi connectivity index (χ3v) is 14.8. The van der Waals surface area contributed by atoms with Gasteiger partial charge >= 0.3 is 5.69 Å². The van der Waals surface area contributed by atoms with Crippen molar-refractivity contribution < 1.29 is 42.0 Å². The number of hydrogen-bond acceptors (Lipinski definition) is 11. The number of fused-ring (bicyclic) bond motifs is 2. The fourth-order valence-electron chi connectivity index (χ4n) is 9.99. The van der Waals surface area contributed by atoms with Crippen molar-refractivity contribution in [2.45, 2.75) is 125 Å². The number of nitrogens with two attached hydrogens (primary N) is 2. The average molecular weight is 918 g/mol. The molecule has 1 saturated carbocycles. The highest BCUT2D eigenvalue weighted by Gasteiger charge is 2.45. The van der Waals surface area contributed by atoms with Crippen LogP contribution in [-0.4, -0.2) is 112 Å². The minimum atomic E-state index is -3.40. The monoisotopic (exact) mass is 917 g/mol. The summed E-state index contributed by atoms with van der Waals surface area (Å²) in [6.45, 7) is 0.411. The Kier molecular flexibility index (Phi) is 14.3. The molecule has 3 saturated heterocycles. The molecule has 7 N–H and O–H groups in total. The molecule has 4 heterocycles. The minimum absolute atomic E-state index is 0.00955. The SMILES string of the molecule is Cn1c(=O)n(C2CCC(=O)NC2=O)c2ccc(CC3CCC(CC(=O)N4CC[C@H]5CC[C@@H](C(=O)N[C@H](CCC(N)=O)C(=O)NCc6ccc(S(C)(=O)=O)cc6)N5C(=O)[C@@H](N)C4)CC3)cc21. The fraction of sp³-hybridized carbons (Fsp3) is 0.556. The molecule has 19 nitrogen and oxygen atoms in total. The van der Waals surface area contributed by atoms with Crippen LogP contribution in [0, 0.1) is 11.8 Å². The van der Waals surface area contributed by atoms with Crippen molar-refractivity contribution >= 4 is 62.2 Å². The van der Waals surface area contributed by atoms with E-state index in [0.29, 0.717) is 49.2 Å². The molecule has 1 unspecified atom stereocenters. The molecule has 4 aliphatic rings. The summed E-state index contributed by atoms with van der Waals surface area (Å²) in [6.07, 6.45) is 7.30. The predicted molar refractivity (Wildman–Crippen MR) is 237 cm³/mol. The Morgan fingerprint density at radius 1 is 0.877 bits per heavy atom. The smallest absolute Gasteiger partial charge is 0.329 e. The first-order valence-corrected chi connectivity index (χ1v) is 24.3. The lowest BCUT2D eigenvalue weighted by atomic mass is 9.78. The average Bonchev–Trinajstić information content (AvgIpc) is 3.79. The number of nitrogens with one attached hydrogen (secondary N) is 3. The zero-order chi connectivity index (χ0) is 46.7. The number of hydrogen-bond donors (Lipinski definition) is 5. The molecule has 2 aromatic carbocycles. The lowest BCUT2D eigenvalue weighted by Crippen LogP contribution is -2.60. The van der Waals surface area contributed by atoms with E-state index in [0.717, 1.165) is 49.4 Å². The number of piperidine rings is 1. The maximum Gasteiger partial charge on any atom is 0.329 e. The van der Waals surface area contributed by atoms with E-state index in [9.17, 15) is 46.8 Å². The second-order valence-corrected chi connectivity index (χ2v) is 20.2. The number of primary amides is 1. The molecule has 7 amide bonds. The number of aromatic nitrogens is 2. The van der Waals surface area contributed by atoms with Gasteiger partial charge in [-0.05, 0) is 111 Å². The summed E-state index contributed by atoms with van der Waals surface area (Å²) in [6, 6.07) is 7.66. The Hall–Kier alpha value is -5.89. The van der Waals surface area contributed by atoms with E-state index in [1.165, 1.54) is 21.6 Å². The summed E-state index contributed by atoms with van der Waals surface area (Å²) in [5, 5.41) is 7.79. The number of aryl methyl sites for hydroxylation is 1. The first kappa shape index (κ1) is 47.1. The van der Waals surface area contributed by atoms with E-state index in [2.05, 4.69) is 16.0 Å². The van der Waals surface area contributed by atoms with Crippen molar-refractivity contribution in [1.82, 2.24) is 34.9 Å². The quantitative estimate of drug-likeness (QED) is 0.139. The Morgan fingerprint density at radius 2 is 1.57 bits per heavy atom. The van der Waals surface area contributed by atoms with Crippen LogP contribution in [0.2, 0.25) is 0 Å². The van der Waals surface area contributed by atoms with Crippen LogP contribution in [-0.2, 0) is 63.4 Å². The normalized spacial score (nSPS) is 24.4. The number of rotatable bonds is 14. The van der Waals surface area contributed by atoms with Crippen molar-refractivity contribution in [3.05, 3.63) is 64.1 Å². The van der Waals surface area contributed by atoms with Gasteiger partial charge in [0.15, 0.2) is 9.84 Å². The van der Waals surface area contributed by atoms with Crippen molar-refractivity contribution in [3.8, 4) is 0 Å². The van der Waals surface area contributed by atoms with E-state index in [4.69, 9.17) is 11.5 Å². The molecule has 0 bridgehead atoms. The van der Waals surface area contributed by atoms with Gasteiger partial charge in [-0.3, -0.25) is 48.0 Å². The summed E-state index contributed by atoms with van der Waals surface area (Å²) in [5.74, 6) is -2.54. The second-order valence-electron chi connectivity index (χ2n) is 18.2. The number of carbonyl (C=O) groups excluding carboxylic acids is 7. The molecule has 3 aliphatic heterocycles. The highest BCUT2D eigenvalue weighted by molar-refractivity contribution is 7.90. The Labute approximate surface area is 376 Å². The van der Waals surface area contributed by atoms with Gasteiger partial charge in [-0.25, -0.2) is 13.2 Å². The van der Waals surface area contributed by atoms with Crippen LogP contribution < -0.4 is 33.1 Å². The van der Waals surface area contributed by atoms with Crippen LogP contribution in [0.1, 0.15) is 94.2 Å². The van der Waals surface area contributed by atoms with Gasteiger partial charge in [0.05, 0.1) is 15.9 Å². The van der Waals surface area contributed by atoms with Crippen molar-refractivity contribution in [1.29, 1.82) is 0 Å². The molecule has 5 atom stereocenters. The molecular weight excluding hydrogens is 859 g/mol. The molecule has 1 aliphatic carbocycles. The van der Waals surface area contributed by atoms with Gasteiger partial charge in [0.1, 0.15) is 24.2 Å². The number of nitrogens with zero attached hydrogens (tertiary/aromatic N) is 4. The summed E-state index contributed by atoms with van der Waals surface area (Å²) >= 11 is 0. The second kappa shape index (κ2) is 19.7. The first-order valence-electron chi connectivity index (χ1n) is 22.4. The Balaban J connectivity index is 0.901. The molecule has 20 heteroatoms. The molecule has 4 fully saturated rings. The summed E-state index contributed by atoms with van der Waals surface area (Å²) in [4.78, 5) is 107. The van der Waals surface area contributed by atoms with Gasteiger partial charge in [-0.1, -0.05) is 18.2 Å². The van der Waals surface area contributed by atoms with E-state index in [-0.39, 0.29) is 73.1 Å². The third-order valence-electron chi connectivity index (χ3n) is 13.6. The van der Waals surface area contributed by atoms with Crippen LogP contribution >= 0.6 is 0 Å². The highest BCUT2D eigenvalue weighted by atomic mass is 32.2. The van der Waals surface area contributed by atoms with Crippen LogP contribution in [0.25, 0.3) is 11.0 Å². The van der Waals surface area contributed by atoms with Crippen LogP contribution in [0.4, 0.5) is 0 Å². The molecular formula is C45H59N9O10S. The highest BCUT2D eigenvalue weighted by Crippen LogP contribution is 2.35. The van der Waals surface area contributed by atoms with Crippen molar-refractivity contribution in [2.75, 3.05) is 19.3 Å². The van der Waals surface area contributed by atoms with Crippen LogP contribution in [0.3, 0.4) is 0 Å². The topological polar surface area (TPSA) is 275 Å². The standard InChI is InChI=1S/C45H59N9O10S/c1-51-37-22-29(9-14-34(37)54(45(51)62)36-16-18-39(56)50-43(36)60)21-26-3-5-27(6-4-26)23-40(57)52-20-19-30-10-15-35(53(30)44(61)32(46)25-52)42(59)49-33(13-17-38(47)55)41(58)48-24-28-7-11-31(12-8-28)65(2,63)64/h7-9,11-12,14,22,26-27,30,32-33,35-36H,3-6,10,13,15-21,23-25,46H2,1-2H3,(H2,47,55)(H,48,58)(H,49,59)(H,50,56,60)/t26?,27?,30-,32+,33-,35+,36?/m1/s1. The van der Waals surface area contributed by atoms with E-state index >= 15 is 0 Å². The van der Waals surface area contributed by atoms with Gasteiger partial charge in [0.25, 0.3) is 0 Å². The van der Waals surface area contributed by atoms with E-state index < -0.39 is 63.5 Å². The van der Waals surface area contributed by atoms with Gasteiger partial charge in [-0.15, -0.1) is 0 Å². The van der Waals surface area contributed by atoms with Gasteiger partial charge < -0.3 is 31.9 Å². The largest absolute Gasteiger partial charge is 0.370 e. The molecule has 350 valence electrons. The van der Waals surface area contributed by atoms with Gasteiger partial charge in [-0.2, -0.15) is 0 Å².